The quantitative estimate of drug-likeness (QED) is 0.388. The number of nitrogens with zero attached hydrogens (tertiary/aromatic N) is 2. The van der Waals surface area contributed by atoms with E-state index < -0.39 is 5.41 Å². The number of rotatable bonds is 4. The molecule has 1 amide bonds. The van der Waals surface area contributed by atoms with Gasteiger partial charge in [0.1, 0.15) is 5.41 Å². The number of hydrogen-bond acceptors (Lipinski definition) is 3. The molecule has 0 saturated carbocycles. The number of nitrogens with two attached hydrogens (primary N) is 1. The van der Waals surface area contributed by atoms with Gasteiger partial charge in [-0.25, -0.2) is 0 Å². The van der Waals surface area contributed by atoms with Gasteiger partial charge in [0.15, 0.2) is 5.84 Å². The van der Waals surface area contributed by atoms with Crippen molar-refractivity contribution in [2.45, 2.75) is 26.8 Å². The summed E-state index contributed by atoms with van der Waals surface area (Å²) < 4.78 is 0. The maximum absolute atomic E-state index is 12.5. The molecule has 6 heteroatoms. The Balaban J connectivity index is 3.00. The van der Waals surface area contributed by atoms with Crippen LogP contribution in [0.4, 0.5) is 0 Å². The third-order valence-corrected chi connectivity index (χ3v) is 3.75. The first-order chi connectivity index (χ1) is 9.21. The molecule has 0 saturated heterocycles. The van der Waals surface area contributed by atoms with E-state index in [-0.39, 0.29) is 17.8 Å². The van der Waals surface area contributed by atoms with Crippen molar-refractivity contribution in [3.05, 3.63) is 34.9 Å². The van der Waals surface area contributed by atoms with Gasteiger partial charge in [-0.15, -0.1) is 0 Å². The van der Waals surface area contributed by atoms with Crippen molar-refractivity contribution in [2.24, 2.45) is 16.3 Å². The fourth-order valence-electron chi connectivity index (χ4n) is 1.84. The minimum absolute atomic E-state index is 0.118. The van der Waals surface area contributed by atoms with E-state index in [0.717, 1.165) is 5.56 Å². The molecule has 1 atom stereocenters. The molecule has 0 heterocycles. The third kappa shape index (κ3) is 3.22. The summed E-state index contributed by atoms with van der Waals surface area (Å²) in [7, 11) is 1.68. The largest absolute Gasteiger partial charge is 0.409 e. The van der Waals surface area contributed by atoms with Gasteiger partial charge >= 0.3 is 0 Å². The van der Waals surface area contributed by atoms with Crippen LogP contribution in [0.3, 0.4) is 0 Å². The molecule has 0 aliphatic carbocycles. The lowest BCUT2D eigenvalue weighted by molar-refractivity contribution is -0.137. The molecule has 5 nitrogen and oxygen atoms in total. The Bertz CT molecular complexity index is 529. The number of benzene rings is 1. The SMILES string of the molecule is CC(c1cccc(Cl)c1)N(C)C(=O)C(C)(C)C(N)=NO. The van der Waals surface area contributed by atoms with Crippen LogP contribution in [0.25, 0.3) is 0 Å². The molecule has 1 aromatic carbocycles. The lowest BCUT2D eigenvalue weighted by Gasteiger charge is -2.32. The first kappa shape index (κ1) is 16.3. The molecule has 0 aromatic heterocycles. The summed E-state index contributed by atoms with van der Waals surface area (Å²) in [6.45, 7) is 5.13. The number of amides is 1. The summed E-state index contributed by atoms with van der Waals surface area (Å²) in [6, 6.07) is 7.15. The average molecular weight is 298 g/mol. The third-order valence-electron chi connectivity index (χ3n) is 3.52. The summed E-state index contributed by atoms with van der Waals surface area (Å²) in [4.78, 5) is 14.0. The molecule has 0 aliphatic heterocycles. The smallest absolute Gasteiger partial charge is 0.236 e. The predicted octanol–water partition coefficient (Wildman–Crippen LogP) is 2.63. The van der Waals surface area contributed by atoms with Crippen molar-refractivity contribution in [1.82, 2.24) is 4.90 Å². The minimum atomic E-state index is -1.07. The summed E-state index contributed by atoms with van der Waals surface area (Å²) in [5.74, 6) is -0.354. The van der Waals surface area contributed by atoms with E-state index in [1.165, 1.54) is 0 Å². The second kappa shape index (κ2) is 6.13. The first-order valence-electron chi connectivity index (χ1n) is 6.22. The van der Waals surface area contributed by atoms with Gasteiger partial charge in [-0.1, -0.05) is 28.9 Å². The van der Waals surface area contributed by atoms with Crippen LogP contribution in [0.2, 0.25) is 5.02 Å². The lowest BCUT2D eigenvalue weighted by Crippen LogP contribution is -2.47. The van der Waals surface area contributed by atoms with E-state index in [1.54, 1.807) is 31.9 Å². The Morgan fingerprint density at radius 2 is 2.10 bits per heavy atom. The molecule has 0 spiro atoms. The van der Waals surface area contributed by atoms with E-state index in [1.807, 2.05) is 25.1 Å². The molecule has 0 radical (unpaired) electrons. The monoisotopic (exact) mass is 297 g/mol. The first-order valence-corrected chi connectivity index (χ1v) is 6.60. The van der Waals surface area contributed by atoms with Crippen molar-refractivity contribution < 1.29 is 10.0 Å². The highest BCUT2D eigenvalue weighted by atomic mass is 35.5. The van der Waals surface area contributed by atoms with Crippen LogP contribution >= 0.6 is 11.6 Å². The van der Waals surface area contributed by atoms with Crippen LogP contribution in [0.5, 0.6) is 0 Å². The highest BCUT2D eigenvalue weighted by molar-refractivity contribution is 6.30. The van der Waals surface area contributed by atoms with E-state index >= 15 is 0 Å². The van der Waals surface area contributed by atoms with Crippen molar-refractivity contribution in [2.75, 3.05) is 7.05 Å². The van der Waals surface area contributed by atoms with Gasteiger partial charge in [-0.2, -0.15) is 0 Å². The number of amidine groups is 1. The zero-order chi connectivity index (χ0) is 15.5. The molecule has 1 unspecified atom stereocenters. The van der Waals surface area contributed by atoms with Gasteiger partial charge in [0, 0.05) is 12.1 Å². The van der Waals surface area contributed by atoms with Crippen LogP contribution in [0.1, 0.15) is 32.4 Å². The molecule has 0 bridgehead atoms. The average Bonchev–Trinajstić information content (AvgIpc) is 2.43. The van der Waals surface area contributed by atoms with Gasteiger partial charge in [-0.3, -0.25) is 4.79 Å². The zero-order valence-corrected chi connectivity index (χ0v) is 12.8. The summed E-state index contributed by atoms with van der Waals surface area (Å²) >= 11 is 5.96. The van der Waals surface area contributed by atoms with Gasteiger partial charge in [0.2, 0.25) is 5.91 Å². The standard InChI is InChI=1S/C14H20ClN3O2/c1-9(10-6-5-7-11(15)8-10)18(4)13(19)14(2,3)12(16)17-20/h5-9,20H,1-4H3,(H2,16,17). The van der Waals surface area contributed by atoms with E-state index in [4.69, 9.17) is 22.5 Å². The Hall–Kier alpha value is -1.75. The van der Waals surface area contributed by atoms with Gasteiger partial charge in [0.25, 0.3) is 0 Å². The topological polar surface area (TPSA) is 78.9 Å². The number of oxime groups is 1. The maximum Gasteiger partial charge on any atom is 0.236 e. The second-order valence-corrected chi connectivity index (χ2v) is 5.69. The molecule has 0 fully saturated rings. The highest BCUT2D eigenvalue weighted by Crippen LogP contribution is 2.27. The zero-order valence-electron chi connectivity index (χ0n) is 12.1. The fourth-order valence-corrected chi connectivity index (χ4v) is 2.04. The predicted molar refractivity (Wildman–Crippen MR) is 79.8 cm³/mol. The number of carbonyl (C=O) groups excluding carboxylic acids is 1. The van der Waals surface area contributed by atoms with Crippen LogP contribution in [-0.2, 0) is 4.79 Å². The Labute approximate surface area is 124 Å². The Morgan fingerprint density at radius 1 is 1.50 bits per heavy atom. The number of hydrogen-bond donors (Lipinski definition) is 2. The van der Waals surface area contributed by atoms with Gasteiger partial charge in [-0.05, 0) is 38.5 Å². The molecule has 110 valence electrons. The van der Waals surface area contributed by atoms with Crippen LogP contribution < -0.4 is 5.73 Å². The molecule has 1 rings (SSSR count). The van der Waals surface area contributed by atoms with E-state index in [2.05, 4.69) is 5.16 Å². The molecule has 1 aromatic rings. The number of carbonyl (C=O) groups is 1. The summed E-state index contributed by atoms with van der Waals surface area (Å²) in [6.07, 6.45) is 0. The summed E-state index contributed by atoms with van der Waals surface area (Å²) in [5.41, 5.74) is 5.43. The van der Waals surface area contributed by atoms with Crippen molar-refractivity contribution in [3.8, 4) is 0 Å². The van der Waals surface area contributed by atoms with Gasteiger partial charge in [0.05, 0.1) is 6.04 Å². The molecular weight excluding hydrogens is 278 g/mol. The Kier molecular flexibility index (Phi) is 5.00. The fraction of sp³-hybridized carbons (Fsp3) is 0.429. The second-order valence-electron chi connectivity index (χ2n) is 5.26. The highest BCUT2D eigenvalue weighted by Gasteiger charge is 2.36. The van der Waals surface area contributed by atoms with E-state index in [9.17, 15) is 4.79 Å². The van der Waals surface area contributed by atoms with Crippen molar-refractivity contribution in [1.29, 1.82) is 0 Å². The molecule has 20 heavy (non-hydrogen) atoms. The maximum atomic E-state index is 12.5. The Morgan fingerprint density at radius 3 is 2.60 bits per heavy atom. The molecule has 0 aliphatic rings. The number of halogens is 1. The minimum Gasteiger partial charge on any atom is -0.409 e. The van der Waals surface area contributed by atoms with Crippen LogP contribution in [0, 0.1) is 5.41 Å². The molecular formula is C14H20ClN3O2. The summed E-state index contributed by atoms with van der Waals surface area (Å²) in [5, 5.41) is 12.3. The van der Waals surface area contributed by atoms with E-state index in [0.29, 0.717) is 5.02 Å². The normalized spacial score (nSPS) is 13.9. The lowest BCUT2D eigenvalue weighted by atomic mass is 9.89. The van der Waals surface area contributed by atoms with Crippen LogP contribution in [-0.4, -0.2) is 28.9 Å². The van der Waals surface area contributed by atoms with Crippen molar-refractivity contribution >= 4 is 23.3 Å². The van der Waals surface area contributed by atoms with Crippen LogP contribution in [0.15, 0.2) is 29.4 Å². The van der Waals surface area contributed by atoms with Crippen molar-refractivity contribution in [3.63, 3.8) is 0 Å². The molecule has 3 N–H and O–H groups in total. The van der Waals surface area contributed by atoms with Gasteiger partial charge < -0.3 is 15.8 Å².